The van der Waals surface area contributed by atoms with Gasteiger partial charge in [-0.05, 0) is 37.3 Å². The normalized spacial score (nSPS) is 11.5. The van der Waals surface area contributed by atoms with Gasteiger partial charge in [0.25, 0.3) is 0 Å². The van der Waals surface area contributed by atoms with E-state index < -0.39 is 5.97 Å². The maximum absolute atomic E-state index is 11.8. The lowest BCUT2D eigenvalue weighted by Crippen LogP contribution is -2.16. The van der Waals surface area contributed by atoms with E-state index in [9.17, 15) is 4.79 Å². The number of thioether (sulfide) groups is 1. The predicted molar refractivity (Wildman–Crippen MR) is 105 cm³/mol. The van der Waals surface area contributed by atoms with E-state index in [-0.39, 0.29) is 5.84 Å². The highest BCUT2D eigenvalue weighted by molar-refractivity contribution is 8.01. The number of carbonyl (C=O) groups excluding carboxylic acids is 1. The average molecular weight is 387 g/mol. The summed E-state index contributed by atoms with van der Waals surface area (Å²) in [6.07, 6.45) is 0. The number of fused-ring (bicyclic) bond motifs is 1. The fraction of sp³-hybridized carbons (Fsp3) is 0.167. The Labute approximate surface area is 159 Å². The van der Waals surface area contributed by atoms with Crippen LogP contribution in [0.5, 0.6) is 5.75 Å². The van der Waals surface area contributed by atoms with Gasteiger partial charge in [-0.1, -0.05) is 35.1 Å². The Kier molecular flexibility index (Phi) is 6.08. The SMILES string of the molecule is CCOc1ccc2nc(SC/C(N)=N/OC(=O)c3ccccc3)sc2c1. The molecule has 0 spiro atoms. The van der Waals surface area contributed by atoms with Gasteiger partial charge in [-0.25, -0.2) is 9.78 Å². The first kappa shape index (κ1) is 18.2. The Morgan fingerprint density at radius 1 is 1.27 bits per heavy atom. The quantitative estimate of drug-likeness (QED) is 0.217. The summed E-state index contributed by atoms with van der Waals surface area (Å²) < 4.78 is 7.40. The van der Waals surface area contributed by atoms with Crippen molar-refractivity contribution in [2.24, 2.45) is 10.9 Å². The topological polar surface area (TPSA) is 86.8 Å². The van der Waals surface area contributed by atoms with Crippen molar-refractivity contribution in [3.05, 3.63) is 54.1 Å². The third-order valence-corrected chi connectivity index (χ3v) is 5.44. The lowest BCUT2D eigenvalue weighted by molar-refractivity contribution is 0.0515. The zero-order valence-electron chi connectivity index (χ0n) is 14.0. The Morgan fingerprint density at radius 2 is 2.08 bits per heavy atom. The molecular formula is C18H17N3O3S2. The molecule has 0 aliphatic rings. The third-order valence-electron chi connectivity index (χ3n) is 3.25. The fourth-order valence-electron chi connectivity index (χ4n) is 2.09. The van der Waals surface area contributed by atoms with Gasteiger partial charge < -0.3 is 15.3 Å². The molecule has 1 heterocycles. The molecule has 2 N–H and O–H groups in total. The summed E-state index contributed by atoms with van der Waals surface area (Å²) in [6, 6.07) is 14.4. The number of thiazole rings is 1. The lowest BCUT2D eigenvalue weighted by atomic mass is 10.2. The number of nitrogens with two attached hydrogens (primary N) is 1. The molecule has 0 amide bonds. The van der Waals surface area contributed by atoms with Crippen LogP contribution in [0.4, 0.5) is 0 Å². The van der Waals surface area contributed by atoms with Gasteiger partial charge in [0.1, 0.15) is 5.75 Å². The molecule has 2 aromatic carbocycles. The molecule has 8 heteroatoms. The van der Waals surface area contributed by atoms with Gasteiger partial charge in [-0.15, -0.1) is 11.3 Å². The van der Waals surface area contributed by atoms with E-state index in [2.05, 4.69) is 10.1 Å². The Balaban J connectivity index is 1.57. The van der Waals surface area contributed by atoms with Crippen LogP contribution in [-0.4, -0.2) is 29.1 Å². The first-order chi connectivity index (χ1) is 12.7. The Morgan fingerprint density at radius 3 is 2.85 bits per heavy atom. The highest BCUT2D eigenvalue weighted by atomic mass is 32.2. The first-order valence-electron chi connectivity index (χ1n) is 7.90. The lowest BCUT2D eigenvalue weighted by Gasteiger charge is -2.00. The number of benzene rings is 2. The standard InChI is InChI=1S/C18H17N3O3S2/c1-2-23-13-8-9-14-15(10-13)26-18(20-14)25-11-16(19)21-24-17(22)12-6-4-3-5-7-12/h3-10H,2,11H2,1H3,(H2,19,21). The van der Waals surface area contributed by atoms with Crippen LogP contribution in [0.25, 0.3) is 10.2 Å². The van der Waals surface area contributed by atoms with Crippen molar-refractivity contribution in [2.75, 3.05) is 12.4 Å². The van der Waals surface area contributed by atoms with Crippen molar-refractivity contribution in [1.29, 1.82) is 0 Å². The van der Waals surface area contributed by atoms with E-state index in [1.54, 1.807) is 35.6 Å². The molecule has 3 aromatic rings. The summed E-state index contributed by atoms with van der Waals surface area (Å²) in [5.41, 5.74) is 7.15. The molecule has 134 valence electrons. The van der Waals surface area contributed by atoms with Crippen molar-refractivity contribution in [1.82, 2.24) is 4.98 Å². The zero-order chi connectivity index (χ0) is 18.4. The molecule has 6 nitrogen and oxygen atoms in total. The van der Waals surface area contributed by atoms with E-state index in [0.717, 1.165) is 20.3 Å². The van der Waals surface area contributed by atoms with Crippen LogP contribution >= 0.6 is 23.1 Å². The van der Waals surface area contributed by atoms with Gasteiger partial charge in [-0.3, -0.25) is 0 Å². The summed E-state index contributed by atoms with van der Waals surface area (Å²) >= 11 is 2.99. The van der Waals surface area contributed by atoms with Gasteiger partial charge in [0.15, 0.2) is 10.2 Å². The van der Waals surface area contributed by atoms with Crippen LogP contribution in [0, 0.1) is 0 Å². The molecule has 0 radical (unpaired) electrons. The van der Waals surface area contributed by atoms with Crippen LogP contribution in [0.1, 0.15) is 17.3 Å². The maximum Gasteiger partial charge on any atom is 0.365 e. The minimum Gasteiger partial charge on any atom is -0.494 e. The molecule has 0 saturated carbocycles. The highest BCUT2D eigenvalue weighted by Crippen LogP contribution is 2.31. The fourth-order valence-corrected chi connectivity index (χ4v) is 3.99. The number of rotatable bonds is 7. The molecule has 0 fully saturated rings. The van der Waals surface area contributed by atoms with Crippen LogP contribution in [0.15, 0.2) is 58.0 Å². The number of nitrogens with zero attached hydrogens (tertiary/aromatic N) is 2. The predicted octanol–water partition coefficient (Wildman–Crippen LogP) is 3.92. The van der Waals surface area contributed by atoms with Gasteiger partial charge in [0.05, 0.1) is 28.1 Å². The van der Waals surface area contributed by atoms with Gasteiger partial charge in [0.2, 0.25) is 0 Å². The van der Waals surface area contributed by atoms with Crippen LogP contribution < -0.4 is 10.5 Å². The second kappa shape index (κ2) is 8.68. The highest BCUT2D eigenvalue weighted by Gasteiger charge is 2.09. The van der Waals surface area contributed by atoms with E-state index in [4.69, 9.17) is 15.3 Å². The zero-order valence-corrected chi connectivity index (χ0v) is 15.7. The number of amidine groups is 1. The molecule has 0 aliphatic carbocycles. The van der Waals surface area contributed by atoms with Gasteiger partial charge >= 0.3 is 5.97 Å². The Bertz CT molecular complexity index is 926. The van der Waals surface area contributed by atoms with Crippen molar-refractivity contribution >= 4 is 45.1 Å². The average Bonchev–Trinajstić information content (AvgIpc) is 3.07. The Hall–Kier alpha value is -2.58. The van der Waals surface area contributed by atoms with Crippen molar-refractivity contribution in [3.63, 3.8) is 0 Å². The van der Waals surface area contributed by atoms with Crippen LogP contribution in [-0.2, 0) is 4.84 Å². The number of hydrogen-bond donors (Lipinski definition) is 1. The third kappa shape index (κ3) is 4.74. The van der Waals surface area contributed by atoms with E-state index >= 15 is 0 Å². The molecule has 0 atom stereocenters. The van der Waals surface area contributed by atoms with Crippen molar-refractivity contribution < 1.29 is 14.4 Å². The molecule has 0 bridgehead atoms. The monoisotopic (exact) mass is 387 g/mol. The number of carbonyl (C=O) groups is 1. The molecular weight excluding hydrogens is 370 g/mol. The van der Waals surface area contributed by atoms with Gasteiger partial charge in [0, 0.05) is 0 Å². The first-order valence-corrected chi connectivity index (χ1v) is 9.71. The summed E-state index contributed by atoms with van der Waals surface area (Å²) in [7, 11) is 0. The number of aromatic nitrogens is 1. The minimum absolute atomic E-state index is 0.216. The summed E-state index contributed by atoms with van der Waals surface area (Å²) in [4.78, 5) is 21.2. The minimum atomic E-state index is -0.540. The number of oxime groups is 1. The molecule has 1 aromatic heterocycles. The van der Waals surface area contributed by atoms with Crippen LogP contribution in [0.3, 0.4) is 0 Å². The summed E-state index contributed by atoms with van der Waals surface area (Å²) in [5, 5.41) is 3.69. The summed E-state index contributed by atoms with van der Waals surface area (Å²) in [6.45, 7) is 2.57. The molecule has 0 aliphatic heterocycles. The number of hydrogen-bond acceptors (Lipinski definition) is 7. The van der Waals surface area contributed by atoms with Crippen molar-refractivity contribution in [2.45, 2.75) is 11.3 Å². The molecule has 0 unspecified atom stereocenters. The second-order valence-corrected chi connectivity index (χ2v) is 7.41. The number of ether oxygens (including phenoxy) is 1. The van der Waals surface area contributed by atoms with Gasteiger partial charge in [-0.2, -0.15) is 0 Å². The van der Waals surface area contributed by atoms with Crippen molar-refractivity contribution in [3.8, 4) is 5.75 Å². The largest absolute Gasteiger partial charge is 0.494 e. The smallest absolute Gasteiger partial charge is 0.365 e. The maximum atomic E-state index is 11.8. The molecule has 0 saturated heterocycles. The second-order valence-electron chi connectivity index (χ2n) is 5.16. The molecule has 26 heavy (non-hydrogen) atoms. The van der Waals surface area contributed by atoms with Crippen LogP contribution in [0.2, 0.25) is 0 Å². The molecule has 3 rings (SSSR count). The van der Waals surface area contributed by atoms with E-state index in [1.165, 1.54) is 11.8 Å². The summed E-state index contributed by atoms with van der Waals surface area (Å²) in [5.74, 6) is 0.879. The van der Waals surface area contributed by atoms with E-state index in [0.29, 0.717) is 17.9 Å². The van der Waals surface area contributed by atoms with E-state index in [1.807, 2.05) is 31.2 Å².